The zero-order valence-electron chi connectivity index (χ0n) is 17.8. The van der Waals surface area contributed by atoms with Gasteiger partial charge in [-0.1, -0.05) is 11.2 Å². The normalized spacial score (nSPS) is 13.7. The van der Waals surface area contributed by atoms with Crippen LogP contribution in [0, 0.1) is 12.7 Å². The maximum Gasteiger partial charge on any atom is 0.409 e. The molecule has 3 aromatic heterocycles. The van der Waals surface area contributed by atoms with Crippen molar-refractivity contribution in [3.63, 3.8) is 0 Å². The van der Waals surface area contributed by atoms with Crippen LogP contribution in [0.5, 0.6) is 0 Å². The number of fused-ring (bicyclic) bond motifs is 1. The minimum atomic E-state index is -0.544. The number of anilines is 1. The number of carbonyl (C=O) groups is 2. The number of ether oxygens (including phenoxy) is 1. The molecule has 11 heteroatoms. The van der Waals surface area contributed by atoms with Crippen LogP contribution in [-0.4, -0.2) is 56.6 Å². The Hall–Kier alpha value is -4.28. The number of rotatable bonds is 4. The van der Waals surface area contributed by atoms with Crippen LogP contribution < -0.4 is 5.32 Å². The molecule has 33 heavy (non-hydrogen) atoms. The van der Waals surface area contributed by atoms with Crippen LogP contribution >= 0.6 is 0 Å². The van der Waals surface area contributed by atoms with Crippen molar-refractivity contribution >= 4 is 23.3 Å². The first-order valence-electron chi connectivity index (χ1n) is 10.1. The second kappa shape index (κ2) is 8.01. The highest BCUT2D eigenvalue weighted by atomic mass is 19.1. The first-order valence-corrected chi connectivity index (χ1v) is 10.1. The topological polar surface area (TPSA) is 115 Å². The second-order valence-corrected chi connectivity index (χ2v) is 7.70. The molecule has 168 valence electrons. The molecule has 0 spiro atoms. The summed E-state index contributed by atoms with van der Waals surface area (Å²) in [5.74, 6) is -0.711. The summed E-state index contributed by atoms with van der Waals surface area (Å²) in [5.41, 5.74) is 2.02. The molecule has 5 rings (SSSR count). The maximum absolute atomic E-state index is 14.7. The quantitative estimate of drug-likeness (QED) is 0.507. The van der Waals surface area contributed by atoms with Gasteiger partial charge in [0.25, 0.3) is 5.91 Å². The average Bonchev–Trinajstić information content (AvgIpc) is 3.42. The van der Waals surface area contributed by atoms with Gasteiger partial charge in [-0.25, -0.2) is 14.2 Å². The van der Waals surface area contributed by atoms with E-state index < -0.39 is 11.9 Å². The molecule has 0 atom stereocenters. The zero-order valence-corrected chi connectivity index (χ0v) is 17.8. The number of aryl methyl sites for hydroxylation is 1. The van der Waals surface area contributed by atoms with Crippen molar-refractivity contribution in [1.29, 1.82) is 0 Å². The Balaban J connectivity index is 1.38. The second-order valence-electron chi connectivity index (χ2n) is 7.70. The van der Waals surface area contributed by atoms with Crippen LogP contribution in [0.25, 0.3) is 17.0 Å². The summed E-state index contributed by atoms with van der Waals surface area (Å²) in [4.78, 5) is 34.4. The highest BCUT2D eigenvalue weighted by Gasteiger charge is 2.36. The van der Waals surface area contributed by atoms with Crippen LogP contribution in [0.4, 0.5) is 14.9 Å². The van der Waals surface area contributed by atoms with Gasteiger partial charge in [0.05, 0.1) is 24.8 Å². The van der Waals surface area contributed by atoms with Gasteiger partial charge < -0.3 is 19.5 Å². The van der Waals surface area contributed by atoms with Gasteiger partial charge in [-0.2, -0.15) is 4.98 Å². The third-order valence-corrected chi connectivity index (χ3v) is 5.56. The third kappa shape index (κ3) is 3.67. The summed E-state index contributed by atoms with van der Waals surface area (Å²) in [5, 5.41) is 6.70. The summed E-state index contributed by atoms with van der Waals surface area (Å²) >= 11 is 0. The Morgan fingerprint density at radius 2 is 2.09 bits per heavy atom. The van der Waals surface area contributed by atoms with Gasteiger partial charge in [0, 0.05) is 25.0 Å². The molecule has 0 radical (unpaired) electrons. The first-order chi connectivity index (χ1) is 15.9. The molecule has 1 aromatic carbocycles. The van der Waals surface area contributed by atoms with E-state index in [0.717, 1.165) is 0 Å². The number of amides is 2. The Labute approximate surface area is 187 Å². The van der Waals surface area contributed by atoms with E-state index in [1.165, 1.54) is 30.3 Å². The fraction of sp³-hybridized carbons (Fsp3) is 0.227. The maximum atomic E-state index is 14.7. The van der Waals surface area contributed by atoms with Crippen molar-refractivity contribution in [2.45, 2.75) is 12.8 Å². The van der Waals surface area contributed by atoms with E-state index in [2.05, 4.69) is 25.2 Å². The zero-order chi connectivity index (χ0) is 23.1. The van der Waals surface area contributed by atoms with E-state index in [9.17, 15) is 14.0 Å². The number of hydrogen-bond acceptors (Lipinski definition) is 7. The van der Waals surface area contributed by atoms with Gasteiger partial charge in [0.2, 0.25) is 11.7 Å². The standard InChI is InChI=1S/C22H19FN6O4/c1-12-7-15(23)14(19-26-21(33-27-19)13-10-28(11-13)22(31)32-2)8-16(12)25-20(30)17-9-24-18-5-3-4-6-29(17)18/h3-9,13H,10-11H2,1-2H3,(H,25,30). The summed E-state index contributed by atoms with van der Waals surface area (Å²) in [6.07, 6.45) is 2.79. The fourth-order valence-corrected chi connectivity index (χ4v) is 3.69. The summed E-state index contributed by atoms with van der Waals surface area (Å²) in [7, 11) is 1.31. The van der Waals surface area contributed by atoms with E-state index in [1.807, 2.05) is 6.07 Å². The highest BCUT2D eigenvalue weighted by molar-refractivity contribution is 6.04. The Bertz CT molecular complexity index is 1370. The lowest BCUT2D eigenvalue weighted by Crippen LogP contribution is -2.48. The molecule has 1 fully saturated rings. The van der Waals surface area contributed by atoms with Crippen molar-refractivity contribution in [2.24, 2.45) is 0 Å². The minimum absolute atomic E-state index is 0.0596. The monoisotopic (exact) mass is 450 g/mol. The van der Waals surface area contributed by atoms with Crippen molar-refractivity contribution in [1.82, 2.24) is 24.4 Å². The van der Waals surface area contributed by atoms with Gasteiger partial charge in [-0.05, 0) is 36.8 Å². The molecule has 0 aliphatic carbocycles. The van der Waals surface area contributed by atoms with E-state index in [4.69, 9.17) is 4.52 Å². The van der Waals surface area contributed by atoms with E-state index >= 15 is 0 Å². The SMILES string of the molecule is COC(=O)N1CC(c2nc(-c3cc(NC(=O)c4cnc5ccccn45)c(C)cc3F)no2)C1. The fourth-order valence-electron chi connectivity index (χ4n) is 3.69. The summed E-state index contributed by atoms with van der Waals surface area (Å²) in [6, 6.07) is 8.20. The van der Waals surface area contributed by atoms with Gasteiger partial charge in [0.15, 0.2) is 0 Å². The van der Waals surface area contributed by atoms with E-state index in [0.29, 0.717) is 41.6 Å². The molecular weight excluding hydrogens is 431 g/mol. The number of hydrogen-bond donors (Lipinski definition) is 1. The smallest absolute Gasteiger partial charge is 0.409 e. The van der Waals surface area contributed by atoms with Crippen LogP contribution in [-0.2, 0) is 4.74 Å². The first kappa shape index (κ1) is 20.6. The molecule has 0 bridgehead atoms. The minimum Gasteiger partial charge on any atom is -0.453 e. The molecule has 0 saturated carbocycles. The predicted octanol–water partition coefficient (Wildman–Crippen LogP) is 3.25. The van der Waals surface area contributed by atoms with Crippen LogP contribution in [0.1, 0.15) is 27.9 Å². The third-order valence-electron chi connectivity index (χ3n) is 5.56. The number of nitrogens with zero attached hydrogens (tertiary/aromatic N) is 5. The average molecular weight is 450 g/mol. The molecule has 2 amide bonds. The molecule has 1 N–H and O–H groups in total. The molecule has 10 nitrogen and oxygen atoms in total. The van der Waals surface area contributed by atoms with Crippen molar-refractivity contribution in [3.05, 3.63) is 65.7 Å². The molecule has 0 unspecified atom stereocenters. The Morgan fingerprint density at radius 1 is 1.27 bits per heavy atom. The molecule has 1 aliphatic heterocycles. The Morgan fingerprint density at radius 3 is 2.88 bits per heavy atom. The molecule has 4 aromatic rings. The van der Waals surface area contributed by atoms with Gasteiger partial charge in [-0.3, -0.25) is 9.20 Å². The number of likely N-dealkylation sites (tertiary alicyclic amines) is 1. The van der Waals surface area contributed by atoms with Crippen molar-refractivity contribution < 1.29 is 23.2 Å². The number of halogens is 1. The number of imidazole rings is 1. The summed E-state index contributed by atoms with van der Waals surface area (Å²) < 4.78 is 26.4. The van der Waals surface area contributed by atoms with E-state index in [1.54, 1.807) is 29.7 Å². The van der Waals surface area contributed by atoms with Crippen molar-refractivity contribution in [3.8, 4) is 11.4 Å². The lowest BCUT2D eigenvalue weighted by atomic mass is 10.0. The van der Waals surface area contributed by atoms with Gasteiger partial charge in [0.1, 0.15) is 17.2 Å². The highest BCUT2D eigenvalue weighted by Crippen LogP contribution is 2.31. The molecular formula is C22H19FN6O4. The number of pyridine rings is 1. The predicted molar refractivity (Wildman–Crippen MR) is 114 cm³/mol. The largest absolute Gasteiger partial charge is 0.453 e. The molecule has 4 heterocycles. The number of methoxy groups -OCH3 is 1. The number of aromatic nitrogens is 4. The molecule has 1 aliphatic rings. The number of benzene rings is 1. The van der Waals surface area contributed by atoms with Crippen LogP contribution in [0.15, 0.2) is 47.2 Å². The van der Waals surface area contributed by atoms with Gasteiger partial charge >= 0.3 is 6.09 Å². The number of carbonyl (C=O) groups excluding carboxylic acids is 2. The van der Waals surface area contributed by atoms with Crippen LogP contribution in [0.2, 0.25) is 0 Å². The number of nitrogens with one attached hydrogen (secondary N) is 1. The Kier molecular flexibility index (Phi) is 5.00. The van der Waals surface area contributed by atoms with Crippen molar-refractivity contribution in [2.75, 3.05) is 25.5 Å². The van der Waals surface area contributed by atoms with Gasteiger partial charge in [-0.15, -0.1) is 0 Å². The van der Waals surface area contributed by atoms with Crippen LogP contribution in [0.3, 0.4) is 0 Å². The summed E-state index contributed by atoms with van der Waals surface area (Å²) in [6.45, 7) is 2.45. The lowest BCUT2D eigenvalue weighted by Gasteiger charge is -2.35. The molecule has 1 saturated heterocycles. The lowest BCUT2D eigenvalue weighted by molar-refractivity contribution is 0.0804. The van der Waals surface area contributed by atoms with E-state index in [-0.39, 0.29) is 23.2 Å².